The van der Waals surface area contributed by atoms with Crippen molar-refractivity contribution in [3.63, 3.8) is 0 Å². The third-order valence-electron chi connectivity index (χ3n) is 6.06. The normalized spacial score (nSPS) is 23.3. The van der Waals surface area contributed by atoms with Crippen LogP contribution in [0.15, 0.2) is 24.3 Å². The lowest BCUT2D eigenvalue weighted by molar-refractivity contribution is -0.137. The van der Waals surface area contributed by atoms with Gasteiger partial charge in [-0.3, -0.25) is 9.59 Å². The second-order valence-electron chi connectivity index (χ2n) is 8.72. The van der Waals surface area contributed by atoms with Crippen LogP contribution in [0.2, 0.25) is 0 Å². The minimum atomic E-state index is -4.42. The van der Waals surface area contributed by atoms with Gasteiger partial charge in [-0.15, -0.1) is 0 Å². The number of benzene rings is 1. The number of nitrogens with zero attached hydrogens (tertiary/aromatic N) is 2. The van der Waals surface area contributed by atoms with Gasteiger partial charge in [0.2, 0.25) is 11.8 Å². The summed E-state index contributed by atoms with van der Waals surface area (Å²) in [5.41, 5.74) is -0.320. The molecule has 2 heterocycles. The number of hydrogen-bond acceptors (Lipinski definition) is 3. The van der Waals surface area contributed by atoms with Gasteiger partial charge in [0.15, 0.2) is 0 Å². The Hall–Kier alpha value is -2.09. The summed E-state index contributed by atoms with van der Waals surface area (Å²) in [7, 11) is 0. The molecule has 0 aromatic heterocycles. The fourth-order valence-corrected chi connectivity index (χ4v) is 4.29. The van der Waals surface area contributed by atoms with Gasteiger partial charge in [0.1, 0.15) is 0 Å². The van der Waals surface area contributed by atoms with Crippen LogP contribution in [-0.4, -0.2) is 53.8 Å². The van der Waals surface area contributed by atoms with Gasteiger partial charge in [0.05, 0.1) is 11.5 Å². The number of alkyl halides is 3. The van der Waals surface area contributed by atoms with E-state index in [-0.39, 0.29) is 31.3 Å². The van der Waals surface area contributed by atoms with Crippen LogP contribution in [0.1, 0.15) is 44.2 Å². The number of piperidine rings is 1. The molecule has 2 saturated heterocycles. The smallest absolute Gasteiger partial charge is 0.355 e. The van der Waals surface area contributed by atoms with E-state index in [0.717, 1.165) is 38.1 Å². The Morgan fingerprint density at radius 3 is 2.73 bits per heavy atom. The van der Waals surface area contributed by atoms with Crippen LogP contribution in [-0.2, 0) is 22.3 Å². The Balaban J connectivity index is 1.51. The van der Waals surface area contributed by atoms with E-state index >= 15 is 0 Å². The molecule has 1 aromatic rings. The minimum Gasteiger partial charge on any atom is -0.355 e. The lowest BCUT2D eigenvalue weighted by atomic mass is 9.96. The summed E-state index contributed by atoms with van der Waals surface area (Å²) in [6.45, 7) is 7.31. The lowest BCUT2D eigenvalue weighted by Gasteiger charge is -2.35. The van der Waals surface area contributed by atoms with E-state index in [2.05, 4.69) is 24.1 Å². The summed E-state index contributed by atoms with van der Waals surface area (Å²) in [5.74, 6) is -0.385. The summed E-state index contributed by atoms with van der Waals surface area (Å²) in [6.07, 6.45) is -2.12. The molecule has 0 saturated carbocycles. The average molecular weight is 425 g/mol. The highest BCUT2D eigenvalue weighted by molar-refractivity contribution is 5.89. The maximum absolute atomic E-state index is 12.9. The van der Waals surface area contributed by atoms with Gasteiger partial charge in [0, 0.05) is 38.6 Å². The van der Waals surface area contributed by atoms with Crippen molar-refractivity contribution in [1.82, 2.24) is 15.1 Å². The number of hydrogen-bond donors (Lipinski definition) is 1. The Morgan fingerprint density at radius 2 is 2.03 bits per heavy atom. The zero-order chi connectivity index (χ0) is 21.9. The SMILES string of the molecule is CC(C)N1CCCC(CNC(=O)C2CC(=O)N(Cc3cccc(C(F)(F)F)c3)C2)C1. The fraction of sp³-hybridized carbons (Fsp3) is 0.636. The van der Waals surface area contributed by atoms with Gasteiger partial charge in [-0.2, -0.15) is 13.2 Å². The van der Waals surface area contributed by atoms with E-state index < -0.39 is 17.7 Å². The van der Waals surface area contributed by atoms with E-state index in [1.807, 2.05) is 0 Å². The molecule has 30 heavy (non-hydrogen) atoms. The van der Waals surface area contributed by atoms with Crippen LogP contribution in [0.3, 0.4) is 0 Å². The second kappa shape index (κ2) is 9.37. The lowest BCUT2D eigenvalue weighted by Crippen LogP contribution is -2.44. The predicted molar refractivity (Wildman–Crippen MR) is 107 cm³/mol. The molecule has 0 radical (unpaired) electrons. The largest absolute Gasteiger partial charge is 0.416 e. The summed E-state index contributed by atoms with van der Waals surface area (Å²) in [6, 6.07) is 5.47. The monoisotopic (exact) mass is 425 g/mol. The highest BCUT2D eigenvalue weighted by Gasteiger charge is 2.35. The maximum Gasteiger partial charge on any atom is 0.416 e. The molecule has 3 rings (SSSR count). The van der Waals surface area contributed by atoms with Gasteiger partial charge in [-0.1, -0.05) is 12.1 Å². The Kier molecular flexibility index (Phi) is 7.06. The molecule has 2 aliphatic rings. The third kappa shape index (κ3) is 5.74. The Morgan fingerprint density at radius 1 is 1.27 bits per heavy atom. The van der Waals surface area contributed by atoms with Gasteiger partial charge in [0.25, 0.3) is 0 Å². The van der Waals surface area contributed by atoms with Crippen molar-refractivity contribution < 1.29 is 22.8 Å². The standard InChI is InChI=1S/C22H30F3N3O2/c1-15(2)27-8-4-6-17(13-27)11-26-21(30)18-10-20(29)28(14-18)12-16-5-3-7-19(9-16)22(23,24)25/h3,5,7,9,15,17-18H,4,6,8,10-14H2,1-2H3,(H,26,30). The Labute approximate surface area is 175 Å². The summed E-state index contributed by atoms with van der Waals surface area (Å²) in [5, 5.41) is 2.99. The predicted octanol–water partition coefficient (Wildman–Crippen LogP) is 3.29. The van der Waals surface area contributed by atoms with E-state index in [1.54, 1.807) is 6.07 Å². The molecule has 2 unspecified atom stereocenters. The first-order chi connectivity index (χ1) is 14.1. The molecule has 8 heteroatoms. The fourth-order valence-electron chi connectivity index (χ4n) is 4.29. The third-order valence-corrected chi connectivity index (χ3v) is 6.06. The summed E-state index contributed by atoms with van der Waals surface area (Å²) < 4.78 is 38.7. The van der Waals surface area contributed by atoms with Gasteiger partial charge in [-0.25, -0.2) is 0 Å². The Bertz CT molecular complexity index is 766. The molecule has 2 amide bonds. The van der Waals surface area contributed by atoms with Crippen molar-refractivity contribution in [1.29, 1.82) is 0 Å². The zero-order valence-electron chi connectivity index (χ0n) is 17.5. The number of amides is 2. The molecule has 0 aliphatic carbocycles. The van der Waals surface area contributed by atoms with E-state index in [0.29, 0.717) is 24.1 Å². The van der Waals surface area contributed by atoms with Crippen LogP contribution < -0.4 is 5.32 Å². The first-order valence-electron chi connectivity index (χ1n) is 10.6. The number of halogens is 3. The summed E-state index contributed by atoms with van der Waals surface area (Å²) >= 11 is 0. The average Bonchev–Trinajstić information content (AvgIpc) is 3.06. The quantitative estimate of drug-likeness (QED) is 0.761. The van der Waals surface area contributed by atoms with Crippen molar-refractivity contribution in [2.45, 2.75) is 51.9 Å². The molecular weight excluding hydrogens is 395 g/mol. The first kappa shape index (κ1) is 22.6. The molecule has 2 fully saturated rings. The number of nitrogens with one attached hydrogen (secondary N) is 1. The summed E-state index contributed by atoms with van der Waals surface area (Å²) in [4.78, 5) is 28.8. The van der Waals surface area contributed by atoms with E-state index in [9.17, 15) is 22.8 Å². The minimum absolute atomic E-state index is 0.0819. The van der Waals surface area contributed by atoms with Crippen molar-refractivity contribution in [2.75, 3.05) is 26.2 Å². The second-order valence-corrected chi connectivity index (χ2v) is 8.72. The molecule has 0 bridgehead atoms. The molecule has 166 valence electrons. The van der Waals surface area contributed by atoms with E-state index in [4.69, 9.17) is 0 Å². The maximum atomic E-state index is 12.9. The van der Waals surface area contributed by atoms with Crippen LogP contribution in [0.5, 0.6) is 0 Å². The van der Waals surface area contributed by atoms with Crippen LogP contribution in [0.25, 0.3) is 0 Å². The number of rotatable bonds is 6. The number of carbonyl (C=O) groups excluding carboxylic acids is 2. The molecule has 2 atom stereocenters. The highest BCUT2D eigenvalue weighted by Crippen LogP contribution is 2.30. The molecule has 1 aromatic carbocycles. The van der Waals surface area contributed by atoms with Crippen molar-refractivity contribution in [3.05, 3.63) is 35.4 Å². The van der Waals surface area contributed by atoms with Gasteiger partial charge < -0.3 is 15.1 Å². The zero-order valence-corrected chi connectivity index (χ0v) is 17.5. The molecule has 0 spiro atoms. The van der Waals surface area contributed by atoms with E-state index in [1.165, 1.54) is 11.0 Å². The molecule has 2 aliphatic heterocycles. The van der Waals surface area contributed by atoms with Crippen molar-refractivity contribution in [3.8, 4) is 0 Å². The topological polar surface area (TPSA) is 52.7 Å². The van der Waals surface area contributed by atoms with Gasteiger partial charge in [-0.05, 0) is 56.8 Å². The molecule has 5 nitrogen and oxygen atoms in total. The molecular formula is C22H30F3N3O2. The van der Waals surface area contributed by atoms with Crippen LogP contribution >= 0.6 is 0 Å². The van der Waals surface area contributed by atoms with Crippen molar-refractivity contribution in [2.24, 2.45) is 11.8 Å². The van der Waals surface area contributed by atoms with Crippen LogP contribution in [0.4, 0.5) is 13.2 Å². The number of carbonyl (C=O) groups is 2. The first-order valence-corrected chi connectivity index (χ1v) is 10.6. The van der Waals surface area contributed by atoms with Crippen molar-refractivity contribution >= 4 is 11.8 Å². The van der Waals surface area contributed by atoms with Gasteiger partial charge >= 0.3 is 6.18 Å². The van der Waals surface area contributed by atoms with Crippen LogP contribution in [0, 0.1) is 11.8 Å². The molecule has 1 N–H and O–H groups in total. The number of likely N-dealkylation sites (tertiary alicyclic amines) is 2. The highest BCUT2D eigenvalue weighted by atomic mass is 19.4.